The van der Waals surface area contributed by atoms with Crippen LogP contribution in [0.15, 0.2) is 42.5 Å². The normalized spacial score (nSPS) is 18.6. The van der Waals surface area contributed by atoms with Gasteiger partial charge in [-0.3, -0.25) is 9.59 Å². The highest BCUT2D eigenvalue weighted by atomic mass is 16.2. The summed E-state index contributed by atoms with van der Waals surface area (Å²) in [5.74, 6) is 0.442. The van der Waals surface area contributed by atoms with Crippen LogP contribution in [0.25, 0.3) is 0 Å². The van der Waals surface area contributed by atoms with Gasteiger partial charge in [-0.2, -0.15) is 0 Å². The molecule has 0 radical (unpaired) electrons. The summed E-state index contributed by atoms with van der Waals surface area (Å²) >= 11 is 0. The molecule has 2 aromatic carbocycles. The van der Waals surface area contributed by atoms with E-state index in [1.54, 1.807) is 0 Å². The smallest absolute Gasteiger partial charge is 0.225 e. The fourth-order valence-corrected chi connectivity index (χ4v) is 4.76. The van der Waals surface area contributed by atoms with E-state index >= 15 is 0 Å². The number of likely N-dealkylation sites (N-methyl/N-ethyl adjacent to an activating group) is 1. The fourth-order valence-electron chi connectivity index (χ4n) is 4.76. The molecular formula is C28H39N5O2. The van der Waals surface area contributed by atoms with Crippen LogP contribution in [0.1, 0.15) is 37.3 Å². The zero-order valence-electron chi connectivity index (χ0n) is 21.3. The first kappa shape index (κ1) is 25.0. The molecule has 2 aromatic rings. The summed E-state index contributed by atoms with van der Waals surface area (Å²) in [7, 11) is 4.14. The van der Waals surface area contributed by atoms with E-state index in [9.17, 15) is 9.59 Å². The molecule has 188 valence electrons. The minimum Gasteiger partial charge on any atom is -0.372 e. The van der Waals surface area contributed by atoms with Crippen LogP contribution < -0.4 is 20.9 Å². The maximum atomic E-state index is 12.5. The van der Waals surface area contributed by atoms with Crippen molar-refractivity contribution in [2.24, 2.45) is 11.8 Å². The van der Waals surface area contributed by atoms with E-state index < -0.39 is 0 Å². The summed E-state index contributed by atoms with van der Waals surface area (Å²) in [6, 6.07) is 15.1. The minimum absolute atomic E-state index is 0.0502. The Morgan fingerprint density at radius 1 is 1.06 bits per heavy atom. The Bertz CT molecular complexity index is 1010. The molecule has 35 heavy (non-hydrogen) atoms. The first-order valence-corrected chi connectivity index (χ1v) is 12.8. The van der Waals surface area contributed by atoms with Crippen molar-refractivity contribution in [3.8, 4) is 0 Å². The van der Waals surface area contributed by atoms with E-state index in [0.717, 1.165) is 48.9 Å². The maximum Gasteiger partial charge on any atom is 0.225 e. The Balaban J connectivity index is 1.40. The number of benzene rings is 2. The second-order valence-corrected chi connectivity index (χ2v) is 10.3. The van der Waals surface area contributed by atoms with Gasteiger partial charge in [0.1, 0.15) is 0 Å². The molecule has 2 aliphatic rings. The van der Waals surface area contributed by atoms with Crippen LogP contribution in [0.4, 0.5) is 17.1 Å². The van der Waals surface area contributed by atoms with Gasteiger partial charge in [0, 0.05) is 56.2 Å². The van der Waals surface area contributed by atoms with Gasteiger partial charge in [0.2, 0.25) is 11.8 Å². The largest absolute Gasteiger partial charge is 0.372 e. The van der Waals surface area contributed by atoms with Gasteiger partial charge in [0.25, 0.3) is 0 Å². The van der Waals surface area contributed by atoms with Gasteiger partial charge in [0.05, 0.1) is 5.92 Å². The van der Waals surface area contributed by atoms with Crippen LogP contribution >= 0.6 is 0 Å². The second kappa shape index (κ2) is 11.6. The third-order valence-electron chi connectivity index (χ3n) is 7.14. The number of nitrogens with one attached hydrogen (secondary N) is 3. The Kier molecular flexibility index (Phi) is 8.29. The van der Waals surface area contributed by atoms with Crippen molar-refractivity contribution in [3.63, 3.8) is 0 Å². The Labute approximate surface area is 209 Å². The molecule has 0 spiro atoms. The van der Waals surface area contributed by atoms with Gasteiger partial charge < -0.3 is 25.8 Å². The molecule has 0 aliphatic carbocycles. The highest BCUT2D eigenvalue weighted by molar-refractivity contribution is 5.89. The zero-order chi connectivity index (χ0) is 24.8. The minimum atomic E-state index is -0.273. The monoisotopic (exact) mass is 477 g/mol. The summed E-state index contributed by atoms with van der Waals surface area (Å²) in [5.41, 5.74) is 5.72. The summed E-state index contributed by atoms with van der Waals surface area (Å²) in [4.78, 5) is 28.5. The summed E-state index contributed by atoms with van der Waals surface area (Å²) in [6.45, 7) is 6.43. The predicted octanol–water partition coefficient (Wildman–Crippen LogP) is 3.52. The molecule has 1 unspecified atom stereocenters. The molecule has 3 N–H and O–H groups in total. The Hall–Kier alpha value is -3.06. The van der Waals surface area contributed by atoms with Crippen LogP contribution in [0, 0.1) is 11.8 Å². The number of piperidine rings is 1. The van der Waals surface area contributed by atoms with Crippen molar-refractivity contribution in [3.05, 3.63) is 53.6 Å². The molecule has 0 bridgehead atoms. The summed E-state index contributed by atoms with van der Waals surface area (Å²) in [5, 5.41) is 9.31. The van der Waals surface area contributed by atoms with Crippen molar-refractivity contribution < 1.29 is 9.59 Å². The molecule has 0 aromatic heterocycles. The van der Waals surface area contributed by atoms with E-state index in [4.69, 9.17) is 0 Å². The lowest BCUT2D eigenvalue weighted by Crippen LogP contribution is -2.32. The predicted molar refractivity (Wildman–Crippen MR) is 142 cm³/mol. The molecule has 1 atom stereocenters. The van der Waals surface area contributed by atoms with Gasteiger partial charge in [0.15, 0.2) is 0 Å². The Morgan fingerprint density at radius 3 is 2.43 bits per heavy atom. The van der Waals surface area contributed by atoms with Crippen molar-refractivity contribution in [2.75, 3.05) is 50.5 Å². The second-order valence-electron chi connectivity index (χ2n) is 10.3. The molecule has 7 heteroatoms. The average Bonchev–Trinajstić information content (AvgIpc) is 3.29. The van der Waals surface area contributed by atoms with E-state index in [1.165, 1.54) is 24.1 Å². The lowest BCUT2D eigenvalue weighted by atomic mass is 9.99. The van der Waals surface area contributed by atoms with Crippen LogP contribution in [0.3, 0.4) is 0 Å². The topological polar surface area (TPSA) is 76.7 Å². The van der Waals surface area contributed by atoms with Crippen molar-refractivity contribution >= 4 is 28.9 Å². The first-order valence-electron chi connectivity index (χ1n) is 12.8. The molecule has 2 fully saturated rings. The van der Waals surface area contributed by atoms with E-state index in [-0.39, 0.29) is 24.2 Å². The maximum absolute atomic E-state index is 12.5. The van der Waals surface area contributed by atoms with Crippen molar-refractivity contribution in [1.29, 1.82) is 0 Å². The number of carbonyl (C=O) groups excluding carboxylic acids is 2. The quantitative estimate of drug-likeness (QED) is 0.515. The van der Waals surface area contributed by atoms with Gasteiger partial charge >= 0.3 is 0 Å². The van der Waals surface area contributed by atoms with Gasteiger partial charge in [-0.15, -0.1) is 0 Å². The number of carbonyl (C=O) groups is 2. The van der Waals surface area contributed by atoms with Crippen molar-refractivity contribution in [2.45, 2.75) is 39.2 Å². The number of hydrogen-bond donors (Lipinski definition) is 3. The third-order valence-corrected chi connectivity index (χ3v) is 7.14. The molecular weight excluding hydrogens is 438 g/mol. The number of rotatable bonds is 9. The van der Waals surface area contributed by atoms with Gasteiger partial charge in [-0.1, -0.05) is 13.0 Å². The number of anilines is 3. The highest BCUT2D eigenvalue weighted by Gasteiger charge is 2.27. The molecule has 2 saturated heterocycles. The SMILES string of the molecule is CC1CCN(c2ccc(Nc3ccc(CNC(=O)C4CNC(=O)C4)c(CCN(C)C)c3)cc2)CC1. The lowest BCUT2D eigenvalue weighted by Gasteiger charge is -2.32. The first-order chi connectivity index (χ1) is 16.9. The molecule has 2 aliphatic heterocycles. The van der Waals surface area contributed by atoms with E-state index in [0.29, 0.717) is 13.1 Å². The molecule has 2 heterocycles. The van der Waals surface area contributed by atoms with Crippen LogP contribution in [0.5, 0.6) is 0 Å². The third kappa shape index (κ3) is 6.98. The summed E-state index contributed by atoms with van der Waals surface area (Å²) < 4.78 is 0. The number of hydrogen-bond acceptors (Lipinski definition) is 5. The zero-order valence-corrected chi connectivity index (χ0v) is 21.3. The Morgan fingerprint density at radius 2 is 1.77 bits per heavy atom. The van der Waals surface area contributed by atoms with Crippen LogP contribution in [0.2, 0.25) is 0 Å². The van der Waals surface area contributed by atoms with Crippen LogP contribution in [-0.2, 0) is 22.6 Å². The number of nitrogens with zero attached hydrogens (tertiary/aromatic N) is 2. The van der Waals surface area contributed by atoms with Gasteiger partial charge in [-0.25, -0.2) is 0 Å². The molecule has 7 nitrogen and oxygen atoms in total. The number of amides is 2. The van der Waals surface area contributed by atoms with E-state index in [2.05, 4.69) is 89.2 Å². The van der Waals surface area contributed by atoms with Crippen molar-refractivity contribution in [1.82, 2.24) is 15.5 Å². The standard InChI is InChI=1S/C28H39N5O2/c1-20-10-14-33(15-11-20)26-8-6-24(7-9-26)31-25-5-4-22(21(16-25)12-13-32(2)3)18-30-28(35)23-17-27(34)29-19-23/h4-9,16,20,23,31H,10-15,17-19H2,1-3H3,(H,29,34)(H,30,35). The highest BCUT2D eigenvalue weighted by Crippen LogP contribution is 2.26. The molecule has 4 rings (SSSR count). The molecule has 2 amide bonds. The molecule has 0 saturated carbocycles. The van der Waals surface area contributed by atoms with Crippen LogP contribution in [-0.4, -0.2) is 57.0 Å². The average molecular weight is 478 g/mol. The van der Waals surface area contributed by atoms with E-state index in [1.807, 2.05) is 0 Å². The van der Waals surface area contributed by atoms with Gasteiger partial charge in [-0.05, 0) is 86.8 Å². The lowest BCUT2D eigenvalue weighted by molar-refractivity contribution is -0.126. The summed E-state index contributed by atoms with van der Waals surface area (Å²) in [6.07, 6.45) is 3.69. The fraction of sp³-hybridized carbons (Fsp3) is 0.500.